The van der Waals surface area contributed by atoms with Crippen molar-refractivity contribution in [3.63, 3.8) is 0 Å². The number of hydrogen-bond donors (Lipinski definition) is 1. The summed E-state index contributed by atoms with van der Waals surface area (Å²) in [5, 5.41) is 5.06. The van der Waals surface area contributed by atoms with Crippen molar-refractivity contribution in [1.29, 1.82) is 0 Å². The topological polar surface area (TPSA) is 73.2 Å². The highest BCUT2D eigenvalue weighted by Crippen LogP contribution is 2.22. The van der Waals surface area contributed by atoms with E-state index in [0.717, 1.165) is 19.4 Å². The number of thiophene rings is 1. The molecular weight excluding hydrogens is 413 g/mol. The van der Waals surface area contributed by atoms with Crippen molar-refractivity contribution in [3.05, 3.63) is 57.4 Å². The number of fused-ring (bicyclic) bond motifs is 1. The molecule has 1 aromatic carbocycles. The van der Waals surface area contributed by atoms with E-state index in [-0.39, 0.29) is 35.7 Å². The summed E-state index contributed by atoms with van der Waals surface area (Å²) in [6, 6.07) is 8.12. The second kappa shape index (κ2) is 9.06. The Morgan fingerprint density at radius 3 is 3.03 bits per heavy atom. The fourth-order valence-corrected chi connectivity index (χ4v) is 4.79. The summed E-state index contributed by atoms with van der Waals surface area (Å²) in [5.74, 6) is -0.412. The molecule has 9 heteroatoms. The van der Waals surface area contributed by atoms with Crippen molar-refractivity contribution in [3.8, 4) is 0 Å². The number of amides is 1. The number of thioether (sulfide) groups is 1. The van der Waals surface area contributed by atoms with E-state index in [1.165, 1.54) is 33.7 Å². The molecule has 1 fully saturated rings. The first-order valence-electron chi connectivity index (χ1n) is 9.34. The Balaban J connectivity index is 1.53. The molecule has 2 aromatic heterocycles. The Morgan fingerprint density at radius 2 is 2.24 bits per heavy atom. The van der Waals surface area contributed by atoms with E-state index in [2.05, 4.69) is 10.3 Å². The molecule has 1 N–H and O–H groups in total. The first-order valence-corrected chi connectivity index (χ1v) is 11.2. The van der Waals surface area contributed by atoms with Crippen LogP contribution in [0.2, 0.25) is 0 Å². The summed E-state index contributed by atoms with van der Waals surface area (Å²) < 4.78 is 21.6. The van der Waals surface area contributed by atoms with Gasteiger partial charge >= 0.3 is 0 Å². The van der Waals surface area contributed by atoms with Crippen LogP contribution in [-0.2, 0) is 16.1 Å². The van der Waals surface area contributed by atoms with Crippen LogP contribution in [0.1, 0.15) is 18.4 Å². The lowest BCUT2D eigenvalue weighted by Gasteiger charge is -2.13. The molecule has 4 rings (SSSR count). The third-order valence-electron chi connectivity index (χ3n) is 4.70. The SMILES string of the molecule is O=C(CSc1nc2ccsc2c(=O)n1Cc1ccccc1F)NC[C@@H]1CCCO1. The van der Waals surface area contributed by atoms with Crippen LogP contribution in [0.3, 0.4) is 0 Å². The van der Waals surface area contributed by atoms with Crippen LogP contribution in [0.5, 0.6) is 0 Å². The Bertz CT molecular complexity index is 1080. The van der Waals surface area contributed by atoms with Gasteiger partial charge in [-0.25, -0.2) is 9.37 Å². The molecule has 152 valence electrons. The van der Waals surface area contributed by atoms with Gasteiger partial charge in [-0.15, -0.1) is 11.3 Å². The average molecular weight is 434 g/mol. The third-order valence-corrected chi connectivity index (χ3v) is 6.57. The van der Waals surface area contributed by atoms with Crippen molar-refractivity contribution >= 4 is 39.2 Å². The fourth-order valence-electron chi connectivity index (χ4n) is 3.18. The second-order valence-electron chi connectivity index (χ2n) is 6.74. The van der Waals surface area contributed by atoms with Crippen LogP contribution < -0.4 is 10.9 Å². The van der Waals surface area contributed by atoms with E-state index in [9.17, 15) is 14.0 Å². The maximum Gasteiger partial charge on any atom is 0.272 e. The Hall–Kier alpha value is -2.23. The number of benzene rings is 1. The van der Waals surface area contributed by atoms with Gasteiger partial charge in [0.05, 0.1) is 23.9 Å². The summed E-state index contributed by atoms with van der Waals surface area (Å²) in [4.78, 5) is 29.7. The lowest BCUT2D eigenvalue weighted by molar-refractivity contribution is -0.119. The Labute approximate surface area is 175 Å². The molecule has 29 heavy (non-hydrogen) atoms. The van der Waals surface area contributed by atoms with Gasteiger partial charge in [0.2, 0.25) is 5.91 Å². The summed E-state index contributed by atoms with van der Waals surface area (Å²) in [6.07, 6.45) is 2.04. The zero-order chi connectivity index (χ0) is 20.2. The normalized spacial score (nSPS) is 16.4. The molecule has 6 nitrogen and oxygen atoms in total. The molecule has 0 bridgehead atoms. The number of nitrogens with one attached hydrogen (secondary N) is 1. The van der Waals surface area contributed by atoms with Gasteiger partial charge in [-0.1, -0.05) is 30.0 Å². The van der Waals surface area contributed by atoms with Crippen molar-refractivity contribution < 1.29 is 13.9 Å². The van der Waals surface area contributed by atoms with Gasteiger partial charge in [-0.05, 0) is 30.4 Å². The zero-order valence-corrected chi connectivity index (χ0v) is 17.2. The molecule has 1 amide bonds. The summed E-state index contributed by atoms with van der Waals surface area (Å²) in [6.45, 7) is 1.28. The summed E-state index contributed by atoms with van der Waals surface area (Å²) in [5.41, 5.74) is 0.763. The van der Waals surface area contributed by atoms with Gasteiger partial charge in [-0.2, -0.15) is 0 Å². The third kappa shape index (κ3) is 4.68. The maximum absolute atomic E-state index is 14.1. The van der Waals surface area contributed by atoms with Crippen LogP contribution in [-0.4, -0.2) is 40.5 Å². The number of aromatic nitrogens is 2. The minimum absolute atomic E-state index is 0.0617. The number of hydrogen-bond acceptors (Lipinski definition) is 6. The van der Waals surface area contributed by atoms with Gasteiger partial charge in [0.25, 0.3) is 5.56 Å². The molecule has 0 spiro atoms. The lowest BCUT2D eigenvalue weighted by atomic mass is 10.2. The highest BCUT2D eigenvalue weighted by molar-refractivity contribution is 7.99. The smallest absolute Gasteiger partial charge is 0.272 e. The first-order chi connectivity index (χ1) is 14.1. The maximum atomic E-state index is 14.1. The predicted octanol–water partition coefficient (Wildman–Crippen LogP) is 3.03. The van der Waals surface area contributed by atoms with Crippen molar-refractivity contribution in [2.24, 2.45) is 0 Å². The monoisotopic (exact) mass is 433 g/mol. The number of ether oxygens (including phenoxy) is 1. The fraction of sp³-hybridized carbons (Fsp3) is 0.350. The molecule has 3 aromatic rings. The largest absolute Gasteiger partial charge is 0.376 e. The first kappa shape index (κ1) is 20.1. The molecule has 3 heterocycles. The molecule has 1 aliphatic heterocycles. The molecule has 1 saturated heterocycles. The van der Waals surface area contributed by atoms with E-state index in [1.807, 2.05) is 0 Å². The minimum Gasteiger partial charge on any atom is -0.376 e. The quantitative estimate of drug-likeness (QED) is 0.458. The van der Waals surface area contributed by atoms with E-state index < -0.39 is 0 Å². The van der Waals surface area contributed by atoms with Crippen LogP contribution in [0, 0.1) is 5.82 Å². The number of carbonyl (C=O) groups excluding carboxylic acids is 1. The van der Waals surface area contributed by atoms with E-state index in [4.69, 9.17) is 4.74 Å². The molecule has 1 atom stereocenters. The molecule has 0 aliphatic carbocycles. The van der Waals surface area contributed by atoms with Gasteiger partial charge < -0.3 is 10.1 Å². The molecule has 0 unspecified atom stereocenters. The van der Waals surface area contributed by atoms with Gasteiger partial charge in [-0.3, -0.25) is 14.2 Å². The average Bonchev–Trinajstić information content (AvgIpc) is 3.40. The van der Waals surface area contributed by atoms with Crippen LogP contribution >= 0.6 is 23.1 Å². The van der Waals surface area contributed by atoms with Gasteiger partial charge in [0, 0.05) is 18.7 Å². The lowest BCUT2D eigenvalue weighted by Crippen LogP contribution is -2.33. The molecular formula is C20H20FN3O3S2. The number of halogens is 1. The number of carbonyl (C=O) groups is 1. The summed E-state index contributed by atoms with van der Waals surface area (Å²) in [7, 11) is 0. The molecule has 1 aliphatic rings. The zero-order valence-electron chi connectivity index (χ0n) is 15.6. The van der Waals surface area contributed by atoms with E-state index in [1.54, 1.807) is 29.6 Å². The Kier molecular flexibility index (Phi) is 6.27. The molecule has 0 radical (unpaired) electrons. The Morgan fingerprint density at radius 1 is 1.38 bits per heavy atom. The van der Waals surface area contributed by atoms with Crippen LogP contribution in [0.4, 0.5) is 4.39 Å². The van der Waals surface area contributed by atoms with Crippen molar-refractivity contribution in [2.75, 3.05) is 18.9 Å². The van der Waals surface area contributed by atoms with Crippen molar-refractivity contribution in [1.82, 2.24) is 14.9 Å². The highest BCUT2D eigenvalue weighted by Gasteiger charge is 2.18. The second-order valence-corrected chi connectivity index (χ2v) is 8.60. The van der Waals surface area contributed by atoms with Crippen LogP contribution in [0.15, 0.2) is 45.7 Å². The van der Waals surface area contributed by atoms with Gasteiger partial charge in [0.15, 0.2) is 5.16 Å². The van der Waals surface area contributed by atoms with E-state index in [0.29, 0.717) is 27.5 Å². The van der Waals surface area contributed by atoms with E-state index >= 15 is 0 Å². The van der Waals surface area contributed by atoms with Crippen molar-refractivity contribution in [2.45, 2.75) is 30.6 Å². The predicted molar refractivity (Wildman–Crippen MR) is 112 cm³/mol. The van der Waals surface area contributed by atoms with Crippen LogP contribution in [0.25, 0.3) is 10.2 Å². The minimum atomic E-state index is -0.379. The highest BCUT2D eigenvalue weighted by atomic mass is 32.2. The van der Waals surface area contributed by atoms with Gasteiger partial charge in [0.1, 0.15) is 10.5 Å². The molecule has 0 saturated carbocycles. The number of rotatable bonds is 7. The number of nitrogens with zero attached hydrogens (tertiary/aromatic N) is 2. The standard InChI is InChI=1S/C20H20FN3O3S2/c21-15-6-2-1-4-13(15)11-24-19(26)18-16(7-9-28-18)23-20(24)29-12-17(25)22-10-14-5-3-8-27-14/h1-2,4,6-7,9,14H,3,5,8,10-12H2,(H,22,25)/t14-/m0/s1. The summed E-state index contributed by atoms with van der Waals surface area (Å²) >= 11 is 2.48.